The average Bonchev–Trinajstić information content (AvgIpc) is 2.75. The van der Waals surface area contributed by atoms with Crippen molar-refractivity contribution in [2.24, 2.45) is 0 Å². The highest BCUT2D eigenvalue weighted by atomic mass is 16.5. The number of nitrogens with one attached hydrogen (secondary N) is 1. The fourth-order valence-corrected chi connectivity index (χ4v) is 2.03. The molecule has 100 valence electrons. The van der Waals surface area contributed by atoms with Crippen molar-refractivity contribution in [3.63, 3.8) is 0 Å². The lowest BCUT2D eigenvalue weighted by atomic mass is 10.2. The summed E-state index contributed by atoms with van der Waals surface area (Å²) in [7, 11) is 2.10. The van der Waals surface area contributed by atoms with E-state index in [0.717, 1.165) is 26.2 Å². The second kappa shape index (κ2) is 5.49. The Kier molecular flexibility index (Phi) is 3.98. The van der Waals surface area contributed by atoms with Gasteiger partial charge in [-0.1, -0.05) is 5.16 Å². The molecule has 6 heteroatoms. The summed E-state index contributed by atoms with van der Waals surface area (Å²) >= 11 is 0. The van der Waals surface area contributed by atoms with E-state index in [1.807, 2.05) is 6.92 Å². The molecule has 1 aliphatic rings. The van der Waals surface area contributed by atoms with Gasteiger partial charge in [-0.3, -0.25) is 9.69 Å². The van der Waals surface area contributed by atoms with Crippen LogP contribution in [0.3, 0.4) is 0 Å². The van der Waals surface area contributed by atoms with Crippen molar-refractivity contribution in [1.29, 1.82) is 0 Å². The van der Waals surface area contributed by atoms with Crippen LogP contribution < -0.4 is 5.32 Å². The van der Waals surface area contributed by atoms with Crippen LogP contribution in [0.1, 0.15) is 12.7 Å². The smallest absolute Gasteiger partial charge is 0.242 e. The third kappa shape index (κ3) is 3.08. The quantitative estimate of drug-likeness (QED) is 0.851. The Hall–Kier alpha value is -1.40. The van der Waals surface area contributed by atoms with E-state index >= 15 is 0 Å². The number of anilines is 1. The Morgan fingerprint density at radius 3 is 2.67 bits per heavy atom. The monoisotopic (exact) mass is 252 g/mol. The number of aromatic nitrogens is 1. The summed E-state index contributed by atoms with van der Waals surface area (Å²) in [5.41, 5.74) is 0. The Morgan fingerprint density at radius 2 is 2.11 bits per heavy atom. The van der Waals surface area contributed by atoms with Crippen molar-refractivity contribution in [3.8, 4) is 0 Å². The number of aryl methyl sites for hydroxylation is 1. The van der Waals surface area contributed by atoms with E-state index < -0.39 is 0 Å². The molecule has 0 radical (unpaired) electrons. The van der Waals surface area contributed by atoms with Crippen LogP contribution in [-0.2, 0) is 4.79 Å². The predicted molar refractivity (Wildman–Crippen MR) is 68.4 cm³/mol. The van der Waals surface area contributed by atoms with Gasteiger partial charge in [0.1, 0.15) is 5.76 Å². The Labute approximate surface area is 107 Å². The molecule has 0 saturated carbocycles. The highest BCUT2D eigenvalue weighted by molar-refractivity contribution is 5.93. The van der Waals surface area contributed by atoms with Gasteiger partial charge in [-0.05, 0) is 20.9 Å². The van der Waals surface area contributed by atoms with Crippen LogP contribution in [0.15, 0.2) is 10.6 Å². The molecule has 1 amide bonds. The highest BCUT2D eigenvalue weighted by Crippen LogP contribution is 2.10. The van der Waals surface area contributed by atoms with Gasteiger partial charge in [0.25, 0.3) is 0 Å². The second-order valence-corrected chi connectivity index (χ2v) is 4.83. The molecule has 1 saturated heterocycles. The molecule has 2 heterocycles. The molecule has 0 aromatic carbocycles. The van der Waals surface area contributed by atoms with Gasteiger partial charge >= 0.3 is 0 Å². The summed E-state index contributed by atoms with van der Waals surface area (Å²) in [6.07, 6.45) is 0. The predicted octanol–water partition coefficient (Wildman–Crippen LogP) is 0.557. The number of hydrogen-bond donors (Lipinski definition) is 1. The molecule has 1 N–H and O–H groups in total. The number of piperazine rings is 1. The van der Waals surface area contributed by atoms with Gasteiger partial charge in [-0.2, -0.15) is 0 Å². The maximum absolute atomic E-state index is 12.1. The molecule has 0 aliphatic carbocycles. The first kappa shape index (κ1) is 13.0. The third-order valence-corrected chi connectivity index (χ3v) is 3.34. The van der Waals surface area contributed by atoms with Crippen LogP contribution in [0.4, 0.5) is 5.82 Å². The molecule has 18 heavy (non-hydrogen) atoms. The van der Waals surface area contributed by atoms with Crippen molar-refractivity contribution >= 4 is 11.7 Å². The van der Waals surface area contributed by atoms with Gasteiger partial charge in [0.05, 0.1) is 6.04 Å². The Morgan fingerprint density at radius 1 is 1.44 bits per heavy atom. The van der Waals surface area contributed by atoms with Crippen molar-refractivity contribution in [1.82, 2.24) is 15.0 Å². The van der Waals surface area contributed by atoms with E-state index in [0.29, 0.717) is 11.6 Å². The molecule has 1 aromatic heterocycles. The first-order valence-corrected chi connectivity index (χ1v) is 6.23. The summed E-state index contributed by atoms with van der Waals surface area (Å²) < 4.78 is 4.92. The molecular formula is C12H20N4O2. The van der Waals surface area contributed by atoms with E-state index in [-0.39, 0.29) is 11.9 Å². The van der Waals surface area contributed by atoms with Crippen molar-refractivity contribution in [2.75, 3.05) is 38.5 Å². The van der Waals surface area contributed by atoms with Gasteiger partial charge in [-0.15, -0.1) is 0 Å². The van der Waals surface area contributed by atoms with Crippen LogP contribution in [0.2, 0.25) is 0 Å². The van der Waals surface area contributed by atoms with Gasteiger partial charge in [0.2, 0.25) is 5.91 Å². The van der Waals surface area contributed by atoms with E-state index in [9.17, 15) is 4.79 Å². The normalized spacial score (nSPS) is 19.7. The summed E-state index contributed by atoms with van der Waals surface area (Å²) in [4.78, 5) is 16.5. The van der Waals surface area contributed by atoms with Gasteiger partial charge in [-0.25, -0.2) is 0 Å². The molecule has 1 unspecified atom stereocenters. The fraction of sp³-hybridized carbons (Fsp3) is 0.667. The molecule has 1 atom stereocenters. The van der Waals surface area contributed by atoms with Crippen LogP contribution in [0.25, 0.3) is 0 Å². The fourth-order valence-electron chi connectivity index (χ4n) is 2.03. The molecule has 2 rings (SSSR count). The van der Waals surface area contributed by atoms with Gasteiger partial charge in [0, 0.05) is 32.2 Å². The maximum atomic E-state index is 12.1. The number of carbonyl (C=O) groups is 1. The minimum Gasteiger partial charge on any atom is -0.360 e. The molecule has 0 spiro atoms. The summed E-state index contributed by atoms with van der Waals surface area (Å²) in [6.45, 7) is 7.56. The van der Waals surface area contributed by atoms with E-state index in [2.05, 4.69) is 27.3 Å². The number of rotatable bonds is 3. The van der Waals surface area contributed by atoms with E-state index in [4.69, 9.17) is 4.52 Å². The molecule has 6 nitrogen and oxygen atoms in total. The van der Waals surface area contributed by atoms with E-state index in [1.165, 1.54) is 0 Å². The van der Waals surface area contributed by atoms with Crippen LogP contribution in [-0.4, -0.2) is 60.1 Å². The Balaban J connectivity index is 1.88. The zero-order valence-corrected chi connectivity index (χ0v) is 11.1. The van der Waals surface area contributed by atoms with E-state index in [1.54, 1.807) is 13.0 Å². The lowest BCUT2D eigenvalue weighted by Gasteiger charge is -2.35. The first-order chi connectivity index (χ1) is 8.56. The zero-order valence-electron chi connectivity index (χ0n) is 11.1. The summed E-state index contributed by atoms with van der Waals surface area (Å²) in [5, 5.41) is 6.53. The molecule has 1 aromatic rings. The van der Waals surface area contributed by atoms with Crippen LogP contribution in [0.5, 0.6) is 0 Å². The Bertz CT molecular complexity index is 410. The topological polar surface area (TPSA) is 61.6 Å². The van der Waals surface area contributed by atoms with Gasteiger partial charge in [0.15, 0.2) is 5.82 Å². The minimum absolute atomic E-state index is 0.0344. The number of amides is 1. The second-order valence-electron chi connectivity index (χ2n) is 4.83. The third-order valence-electron chi connectivity index (χ3n) is 3.34. The molecular weight excluding hydrogens is 232 g/mol. The molecule has 0 bridgehead atoms. The number of nitrogens with zero attached hydrogens (tertiary/aromatic N) is 3. The van der Waals surface area contributed by atoms with Gasteiger partial charge < -0.3 is 14.7 Å². The van der Waals surface area contributed by atoms with Crippen molar-refractivity contribution < 1.29 is 9.32 Å². The molecule has 1 fully saturated rings. The lowest BCUT2D eigenvalue weighted by Crippen LogP contribution is -2.51. The average molecular weight is 252 g/mol. The standard InChI is InChI=1S/C12H20N4O2/c1-9-8-11(14-18-9)13-12(17)10(2)16-6-4-15(3)5-7-16/h8,10H,4-7H2,1-3H3,(H,13,14,17). The van der Waals surface area contributed by atoms with Crippen LogP contribution >= 0.6 is 0 Å². The highest BCUT2D eigenvalue weighted by Gasteiger charge is 2.24. The zero-order chi connectivity index (χ0) is 13.1. The number of hydrogen-bond acceptors (Lipinski definition) is 5. The lowest BCUT2D eigenvalue weighted by molar-refractivity contribution is -0.121. The summed E-state index contributed by atoms with van der Waals surface area (Å²) in [6, 6.07) is 1.57. The largest absolute Gasteiger partial charge is 0.360 e. The first-order valence-electron chi connectivity index (χ1n) is 6.23. The van der Waals surface area contributed by atoms with Crippen LogP contribution in [0, 0.1) is 6.92 Å². The van der Waals surface area contributed by atoms with Crippen molar-refractivity contribution in [3.05, 3.63) is 11.8 Å². The summed E-state index contributed by atoms with van der Waals surface area (Å²) in [5.74, 6) is 1.14. The number of carbonyl (C=O) groups excluding carboxylic acids is 1. The number of likely N-dealkylation sites (N-methyl/N-ethyl adjacent to an activating group) is 1. The maximum Gasteiger partial charge on any atom is 0.242 e. The minimum atomic E-state index is -0.143. The SMILES string of the molecule is Cc1cc(NC(=O)C(C)N2CCN(C)CC2)no1. The van der Waals surface area contributed by atoms with Crippen molar-refractivity contribution in [2.45, 2.75) is 19.9 Å². The molecule has 1 aliphatic heterocycles.